The second-order valence-electron chi connectivity index (χ2n) is 4.31. The molecule has 0 aromatic heterocycles. The Morgan fingerprint density at radius 3 is 2.65 bits per heavy atom. The molecule has 1 fully saturated rings. The van der Waals surface area contributed by atoms with E-state index in [2.05, 4.69) is 4.99 Å². The number of aliphatic imine (C=N–C) groups is 1. The van der Waals surface area contributed by atoms with Crippen LogP contribution in [0.15, 0.2) is 4.99 Å². The van der Waals surface area contributed by atoms with Crippen molar-refractivity contribution in [3.8, 4) is 0 Å². The summed E-state index contributed by atoms with van der Waals surface area (Å²) in [7, 11) is 2.86. The van der Waals surface area contributed by atoms with Crippen LogP contribution in [0.4, 0.5) is 4.79 Å². The molecule has 1 saturated heterocycles. The molecule has 2 aliphatic heterocycles. The van der Waals surface area contributed by atoms with Gasteiger partial charge in [-0.2, -0.15) is 0 Å². The zero-order valence-electron chi connectivity index (χ0n) is 11.3. The van der Waals surface area contributed by atoms with Gasteiger partial charge in [-0.3, -0.25) is 14.6 Å². The van der Waals surface area contributed by atoms with Crippen LogP contribution in [-0.4, -0.2) is 76.7 Å². The molecular weight excluding hydrogens is 288 g/mol. The summed E-state index contributed by atoms with van der Waals surface area (Å²) in [6.07, 6.45) is 0. The van der Waals surface area contributed by atoms with E-state index in [1.54, 1.807) is 6.92 Å². The second-order valence-corrected chi connectivity index (χ2v) is 4.65. The SMILES string of the molecule is CCOC(=O)C[N+]1=C(Cl)N=C2C1C(=O)N(C)C(=O)N2C. The van der Waals surface area contributed by atoms with E-state index in [0.29, 0.717) is 0 Å². The summed E-state index contributed by atoms with van der Waals surface area (Å²) in [5.74, 6) is -0.781. The maximum atomic E-state index is 12.2. The van der Waals surface area contributed by atoms with Crippen molar-refractivity contribution in [2.45, 2.75) is 13.0 Å². The Morgan fingerprint density at radius 2 is 2.05 bits per heavy atom. The van der Waals surface area contributed by atoms with Crippen LogP contribution in [0.25, 0.3) is 0 Å². The minimum Gasteiger partial charge on any atom is -0.463 e. The van der Waals surface area contributed by atoms with Crippen LogP contribution < -0.4 is 0 Å². The zero-order valence-corrected chi connectivity index (χ0v) is 12.0. The normalized spacial score (nSPS) is 22.2. The molecule has 0 aromatic carbocycles. The topological polar surface area (TPSA) is 82.3 Å². The van der Waals surface area contributed by atoms with Gasteiger partial charge in [-0.1, -0.05) is 0 Å². The van der Waals surface area contributed by atoms with Crippen LogP contribution in [0, 0.1) is 0 Å². The lowest BCUT2D eigenvalue weighted by molar-refractivity contribution is -0.524. The number of urea groups is 1. The van der Waals surface area contributed by atoms with E-state index >= 15 is 0 Å². The lowest BCUT2D eigenvalue weighted by Crippen LogP contribution is -2.61. The third kappa shape index (κ3) is 2.15. The molecule has 8 nitrogen and oxygen atoms in total. The van der Waals surface area contributed by atoms with Crippen molar-refractivity contribution in [2.75, 3.05) is 27.2 Å². The molecule has 3 amide bonds. The first-order valence-corrected chi connectivity index (χ1v) is 6.34. The summed E-state index contributed by atoms with van der Waals surface area (Å²) < 4.78 is 6.15. The number of ether oxygens (including phenoxy) is 1. The molecule has 0 aromatic rings. The summed E-state index contributed by atoms with van der Waals surface area (Å²) in [5, 5.41) is -0.0126. The number of amides is 3. The summed E-state index contributed by atoms with van der Waals surface area (Å²) in [6.45, 7) is 1.71. The Hall–Kier alpha value is -1.96. The van der Waals surface area contributed by atoms with Crippen LogP contribution in [0.3, 0.4) is 0 Å². The van der Waals surface area contributed by atoms with Crippen LogP contribution >= 0.6 is 11.6 Å². The van der Waals surface area contributed by atoms with E-state index in [9.17, 15) is 14.4 Å². The molecule has 108 valence electrons. The Balaban J connectivity index is 2.30. The highest BCUT2D eigenvalue weighted by molar-refractivity contribution is 6.65. The average molecular weight is 302 g/mol. The number of amidine groups is 2. The molecule has 0 N–H and O–H groups in total. The first-order chi connectivity index (χ1) is 9.38. The van der Waals surface area contributed by atoms with Gasteiger partial charge in [0, 0.05) is 25.7 Å². The van der Waals surface area contributed by atoms with E-state index in [0.717, 1.165) is 4.90 Å². The van der Waals surface area contributed by atoms with Gasteiger partial charge in [-0.05, 0) is 11.9 Å². The van der Waals surface area contributed by atoms with E-state index in [4.69, 9.17) is 16.3 Å². The number of carbonyl (C=O) groups is 3. The van der Waals surface area contributed by atoms with Crippen molar-refractivity contribution in [3.63, 3.8) is 0 Å². The van der Waals surface area contributed by atoms with Crippen LogP contribution in [-0.2, 0) is 14.3 Å². The van der Waals surface area contributed by atoms with Gasteiger partial charge < -0.3 is 4.74 Å². The van der Waals surface area contributed by atoms with Crippen molar-refractivity contribution < 1.29 is 23.7 Å². The number of fused-ring (bicyclic) bond motifs is 1. The Bertz CT molecular complexity index is 557. The van der Waals surface area contributed by atoms with Gasteiger partial charge in [-0.15, -0.1) is 0 Å². The quantitative estimate of drug-likeness (QED) is 0.398. The molecule has 1 atom stereocenters. The zero-order chi connectivity index (χ0) is 15.0. The van der Waals surface area contributed by atoms with Gasteiger partial charge in [0.1, 0.15) is 0 Å². The lowest BCUT2D eigenvalue weighted by atomic mass is 10.1. The molecule has 2 heterocycles. The number of hydrogen-bond donors (Lipinski definition) is 0. The standard InChI is InChI=1S/C11H14ClN4O4/c1-4-20-6(17)5-16-7-8(13-10(16)12)14(2)11(19)15(3)9(7)18/h7H,4-5H2,1-3H3/q+1. The molecule has 0 aliphatic carbocycles. The first kappa shape index (κ1) is 14.4. The predicted molar refractivity (Wildman–Crippen MR) is 69.8 cm³/mol. The van der Waals surface area contributed by atoms with E-state index in [1.165, 1.54) is 23.6 Å². The van der Waals surface area contributed by atoms with Crippen LogP contribution in [0.2, 0.25) is 0 Å². The molecule has 0 saturated carbocycles. The van der Waals surface area contributed by atoms with Gasteiger partial charge in [0.2, 0.25) is 0 Å². The maximum absolute atomic E-state index is 12.2. The fourth-order valence-electron chi connectivity index (χ4n) is 2.07. The number of nitrogens with zero attached hydrogens (tertiary/aromatic N) is 4. The van der Waals surface area contributed by atoms with Gasteiger partial charge >= 0.3 is 17.3 Å². The molecule has 0 spiro atoms. The smallest absolute Gasteiger partial charge is 0.394 e. The summed E-state index contributed by atoms with van der Waals surface area (Å²) in [6, 6.07) is -1.37. The predicted octanol–water partition coefficient (Wildman–Crippen LogP) is -0.539. The monoisotopic (exact) mass is 301 g/mol. The summed E-state index contributed by atoms with van der Waals surface area (Å²) >= 11 is 5.96. The highest BCUT2D eigenvalue weighted by atomic mass is 35.5. The number of halogens is 1. The van der Waals surface area contributed by atoms with E-state index in [1.807, 2.05) is 0 Å². The highest BCUT2D eigenvalue weighted by Gasteiger charge is 2.53. The number of rotatable bonds is 3. The van der Waals surface area contributed by atoms with Crippen molar-refractivity contribution in [1.82, 2.24) is 9.80 Å². The van der Waals surface area contributed by atoms with E-state index in [-0.39, 0.29) is 24.3 Å². The van der Waals surface area contributed by atoms with Crippen molar-refractivity contribution in [1.29, 1.82) is 0 Å². The Labute approximate surface area is 120 Å². The minimum atomic E-state index is -0.875. The average Bonchev–Trinajstić information content (AvgIpc) is 2.72. The van der Waals surface area contributed by atoms with E-state index < -0.39 is 23.9 Å². The molecule has 1 unspecified atom stereocenters. The molecule has 0 radical (unpaired) electrons. The van der Waals surface area contributed by atoms with Gasteiger partial charge in [0.15, 0.2) is 6.54 Å². The molecule has 0 bridgehead atoms. The number of imide groups is 1. The molecule has 9 heteroatoms. The van der Waals surface area contributed by atoms with Crippen LogP contribution in [0.1, 0.15) is 6.92 Å². The highest BCUT2D eigenvalue weighted by Crippen LogP contribution is 2.19. The van der Waals surface area contributed by atoms with Gasteiger partial charge in [0.25, 0.3) is 17.8 Å². The summed E-state index contributed by atoms with van der Waals surface area (Å²) in [5.41, 5.74) is 0. The molecule has 2 rings (SSSR count). The van der Waals surface area contributed by atoms with Crippen molar-refractivity contribution in [2.24, 2.45) is 4.99 Å². The second kappa shape index (κ2) is 5.20. The maximum Gasteiger partial charge on any atom is 0.394 e. The Morgan fingerprint density at radius 1 is 1.40 bits per heavy atom. The number of hydrogen-bond acceptors (Lipinski definition) is 5. The third-order valence-corrected chi connectivity index (χ3v) is 3.39. The Kier molecular flexibility index (Phi) is 3.76. The number of esters is 1. The lowest BCUT2D eigenvalue weighted by Gasteiger charge is -2.30. The molecule has 20 heavy (non-hydrogen) atoms. The summed E-state index contributed by atoms with van der Waals surface area (Å²) in [4.78, 5) is 41.8. The first-order valence-electron chi connectivity index (χ1n) is 5.97. The van der Waals surface area contributed by atoms with Crippen molar-refractivity contribution in [3.05, 3.63) is 0 Å². The van der Waals surface area contributed by atoms with Crippen molar-refractivity contribution >= 4 is 40.6 Å². The largest absolute Gasteiger partial charge is 0.463 e. The molecule has 2 aliphatic rings. The number of likely N-dealkylation sites (N-methyl/N-ethyl adjacent to an activating group) is 2. The fourth-order valence-corrected chi connectivity index (χ4v) is 2.31. The number of carbonyl (C=O) groups excluding carboxylic acids is 3. The van der Waals surface area contributed by atoms with Gasteiger partial charge in [0.05, 0.1) is 6.61 Å². The van der Waals surface area contributed by atoms with Crippen LogP contribution in [0.5, 0.6) is 0 Å². The fraction of sp³-hybridized carbons (Fsp3) is 0.545. The molecular formula is C11H14ClN4O4+. The van der Waals surface area contributed by atoms with Gasteiger partial charge in [-0.25, -0.2) is 14.2 Å². The third-order valence-electron chi connectivity index (χ3n) is 3.09. The minimum absolute atomic E-state index is 0.0126.